The molecule has 0 spiro atoms. The van der Waals surface area contributed by atoms with Gasteiger partial charge in [-0.25, -0.2) is 4.39 Å². The normalized spacial score (nSPS) is 14.4. The van der Waals surface area contributed by atoms with Crippen molar-refractivity contribution in [2.45, 2.75) is 38.0 Å². The lowest BCUT2D eigenvalue weighted by atomic mass is 10.1. The maximum absolute atomic E-state index is 12.9. The van der Waals surface area contributed by atoms with E-state index in [1.54, 1.807) is 17.0 Å². The van der Waals surface area contributed by atoms with Gasteiger partial charge in [-0.05, 0) is 48.2 Å². The molecule has 1 fully saturated rings. The molecule has 0 atom stereocenters. The van der Waals surface area contributed by atoms with Crippen LogP contribution in [0.15, 0.2) is 48.5 Å². The summed E-state index contributed by atoms with van der Waals surface area (Å²) in [6.07, 6.45) is -2.42. The van der Waals surface area contributed by atoms with Crippen molar-refractivity contribution >= 4 is 5.91 Å². The molecule has 2 aromatic rings. The van der Waals surface area contributed by atoms with Crippen LogP contribution < -0.4 is 0 Å². The van der Waals surface area contributed by atoms with Crippen molar-refractivity contribution in [3.8, 4) is 0 Å². The summed E-state index contributed by atoms with van der Waals surface area (Å²) in [6.45, 7) is 0.281. The third-order valence-electron chi connectivity index (χ3n) is 4.21. The van der Waals surface area contributed by atoms with Crippen molar-refractivity contribution in [1.82, 2.24) is 4.90 Å². The Morgan fingerprint density at radius 3 is 2.04 bits per heavy atom. The van der Waals surface area contributed by atoms with Crippen molar-refractivity contribution in [1.29, 1.82) is 0 Å². The van der Waals surface area contributed by atoms with Crippen LogP contribution in [0.1, 0.15) is 29.5 Å². The minimum Gasteiger partial charge on any atom is -0.335 e. The zero-order valence-corrected chi connectivity index (χ0v) is 13.4. The first-order valence-corrected chi connectivity index (χ1v) is 8.03. The largest absolute Gasteiger partial charge is 0.416 e. The van der Waals surface area contributed by atoms with E-state index in [1.807, 2.05) is 0 Å². The van der Waals surface area contributed by atoms with Gasteiger partial charge in [-0.15, -0.1) is 0 Å². The number of halogens is 4. The summed E-state index contributed by atoms with van der Waals surface area (Å²) >= 11 is 0. The molecule has 0 bridgehead atoms. The highest BCUT2D eigenvalue weighted by Gasteiger charge is 2.33. The summed E-state index contributed by atoms with van der Waals surface area (Å²) in [4.78, 5) is 14.3. The monoisotopic (exact) mass is 351 g/mol. The summed E-state index contributed by atoms with van der Waals surface area (Å²) in [5.74, 6) is -0.464. The summed E-state index contributed by atoms with van der Waals surface area (Å²) < 4.78 is 50.8. The Morgan fingerprint density at radius 2 is 1.52 bits per heavy atom. The molecule has 1 aliphatic rings. The Bertz CT molecular complexity index is 734. The Labute approximate surface area is 143 Å². The predicted molar refractivity (Wildman–Crippen MR) is 85.1 cm³/mol. The number of benzene rings is 2. The fourth-order valence-corrected chi connectivity index (χ4v) is 2.68. The molecule has 2 aromatic carbocycles. The summed E-state index contributed by atoms with van der Waals surface area (Å²) in [6, 6.07) is 10.8. The molecule has 2 nitrogen and oxygen atoms in total. The van der Waals surface area contributed by atoms with Crippen molar-refractivity contribution in [2.75, 3.05) is 0 Å². The molecule has 0 saturated heterocycles. The zero-order valence-electron chi connectivity index (χ0n) is 13.4. The minimum atomic E-state index is -4.37. The molecule has 0 heterocycles. The number of hydrogen-bond donors (Lipinski definition) is 0. The van der Waals surface area contributed by atoms with Gasteiger partial charge >= 0.3 is 6.18 Å². The van der Waals surface area contributed by atoms with Gasteiger partial charge in [0.05, 0.1) is 12.0 Å². The lowest BCUT2D eigenvalue weighted by Crippen LogP contribution is -2.33. The van der Waals surface area contributed by atoms with E-state index in [9.17, 15) is 22.4 Å². The fraction of sp³-hybridized carbons (Fsp3) is 0.316. The molecule has 1 amide bonds. The molecule has 132 valence electrons. The topological polar surface area (TPSA) is 20.3 Å². The van der Waals surface area contributed by atoms with Crippen LogP contribution in [-0.2, 0) is 23.9 Å². The summed E-state index contributed by atoms with van der Waals surface area (Å²) in [7, 11) is 0. The van der Waals surface area contributed by atoms with E-state index in [-0.39, 0.29) is 30.7 Å². The van der Waals surface area contributed by atoms with Crippen LogP contribution in [0.25, 0.3) is 0 Å². The summed E-state index contributed by atoms with van der Waals surface area (Å²) in [5, 5.41) is 0. The lowest BCUT2D eigenvalue weighted by molar-refractivity contribution is -0.137. The van der Waals surface area contributed by atoms with Crippen LogP contribution in [0.3, 0.4) is 0 Å². The highest BCUT2D eigenvalue weighted by atomic mass is 19.4. The Hall–Kier alpha value is -2.37. The van der Waals surface area contributed by atoms with E-state index in [2.05, 4.69) is 0 Å². The zero-order chi connectivity index (χ0) is 18.0. The van der Waals surface area contributed by atoms with E-state index in [0.29, 0.717) is 11.1 Å². The van der Waals surface area contributed by atoms with Gasteiger partial charge in [0.2, 0.25) is 5.91 Å². The van der Waals surface area contributed by atoms with Crippen LogP contribution in [0.5, 0.6) is 0 Å². The highest BCUT2D eigenvalue weighted by molar-refractivity contribution is 5.79. The van der Waals surface area contributed by atoms with E-state index >= 15 is 0 Å². The van der Waals surface area contributed by atoms with Crippen LogP contribution >= 0.6 is 0 Å². The lowest BCUT2D eigenvalue weighted by Gasteiger charge is -2.23. The Kier molecular flexibility index (Phi) is 4.79. The first-order chi connectivity index (χ1) is 11.8. The van der Waals surface area contributed by atoms with Crippen LogP contribution in [0.2, 0.25) is 0 Å². The van der Waals surface area contributed by atoms with Gasteiger partial charge in [0.15, 0.2) is 0 Å². The Balaban J connectivity index is 1.69. The molecule has 0 N–H and O–H groups in total. The van der Waals surface area contributed by atoms with Gasteiger partial charge in [-0.3, -0.25) is 4.79 Å². The maximum atomic E-state index is 12.9. The fourth-order valence-electron chi connectivity index (χ4n) is 2.68. The van der Waals surface area contributed by atoms with Crippen molar-refractivity contribution in [2.24, 2.45) is 0 Å². The summed E-state index contributed by atoms with van der Waals surface area (Å²) in [5.41, 5.74) is 0.670. The molecule has 0 unspecified atom stereocenters. The van der Waals surface area contributed by atoms with Crippen LogP contribution in [-0.4, -0.2) is 16.8 Å². The van der Waals surface area contributed by atoms with E-state index in [1.165, 1.54) is 24.3 Å². The second-order valence-electron chi connectivity index (χ2n) is 6.25. The van der Waals surface area contributed by atoms with Gasteiger partial charge in [-0.1, -0.05) is 24.3 Å². The number of alkyl halides is 3. The number of carbonyl (C=O) groups is 1. The van der Waals surface area contributed by atoms with E-state index in [0.717, 1.165) is 25.0 Å². The SMILES string of the molecule is O=C(Cc1ccc(F)cc1)N(Cc1ccc(C(F)(F)F)cc1)C1CC1. The van der Waals surface area contributed by atoms with Crippen molar-refractivity contribution in [3.63, 3.8) is 0 Å². The molecular weight excluding hydrogens is 334 g/mol. The van der Waals surface area contributed by atoms with Gasteiger partial charge in [0.1, 0.15) is 5.82 Å². The predicted octanol–water partition coefficient (Wildman–Crippen LogP) is 4.58. The molecule has 3 rings (SSSR count). The molecule has 25 heavy (non-hydrogen) atoms. The number of hydrogen-bond acceptors (Lipinski definition) is 1. The van der Waals surface area contributed by atoms with E-state index in [4.69, 9.17) is 0 Å². The second kappa shape index (κ2) is 6.86. The highest BCUT2D eigenvalue weighted by Crippen LogP contribution is 2.31. The Morgan fingerprint density at radius 1 is 0.960 bits per heavy atom. The van der Waals surface area contributed by atoms with Crippen molar-refractivity contribution in [3.05, 3.63) is 71.0 Å². The standard InChI is InChI=1S/C19H17F4NO/c20-16-7-3-13(4-8-16)11-18(25)24(17-9-10-17)12-14-1-5-15(6-2-14)19(21,22)23/h1-8,17H,9-12H2. The molecule has 0 aliphatic heterocycles. The van der Waals surface area contributed by atoms with Crippen molar-refractivity contribution < 1.29 is 22.4 Å². The smallest absolute Gasteiger partial charge is 0.335 e. The molecule has 6 heteroatoms. The van der Waals surface area contributed by atoms with Gasteiger partial charge in [0, 0.05) is 12.6 Å². The third kappa shape index (κ3) is 4.59. The number of carbonyl (C=O) groups excluding carboxylic acids is 1. The van der Waals surface area contributed by atoms with Gasteiger partial charge in [-0.2, -0.15) is 13.2 Å². The minimum absolute atomic E-state index is 0.103. The quantitative estimate of drug-likeness (QED) is 0.722. The molecule has 1 saturated carbocycles. The first-order valence-electron chi connectivity index (χ1n) is 8.03. The molecular formula is C19H17F4NO. The number of nitrogens with zero attached hydrogens (tertiary/aromatic N) is 1. The van der Waals surface area contributed by atoms with E-state index < -0.39 is 11.7 Å². The molecule has 0 aromatic heterocycles. The molecule has 0 radical (unpaired) electrons. The number of amides is 1. The number of rotatable bonds is 5. The van der Waals surface area contributed by atoms with Crippen LogP contribution in [0, 0.1) is 5.82 Å². The first kappa shape index (κ1) is 17.5. The average Bonchev–Trinajstić information content (AvgIpc) is 3.39. The van der Waals surface area contributed by atoms with Crippen LogP contribution in [0.4, 0.5) is 17.6 Å². The second-order valence-corrected chi connectivity index (χ2v) is 6.25. The molecule has 1 aliphatic carbocycles. The van der Waals surface area contributed by atoms with Gasteiger partial charge in [0.25, 0.3) is 0 Å². The third-order valence-corrected chi connectivity index (χ3v) is 4.21. The van der Waals surface area contributed by atoms with Gasteiger partial charge < -0.3 is 4.90 Å². The maximum Gasteiger partial charge on any atom is 0.416 e. The average molecular weight is 351 g/mol.